The van der Waals surface area contributed by atoms with Crippen molar-refractivity contribution in [2.24, 2.45) is 5.92 Å². The molecule has 2 rings (SSSR count). The molecule has 0 aliphatic heterocycles. The number of benzene rings is 2. The number of urea groups is 1. The van der Waals surface area contributed by atoms with Gasteiger partial charge in [0.05, 0.1) is 6.54 Å². The smallest absolute Gasteiger partial charge is 0.329 e. The Morgan fingerprint density at radius 3 is 2.26 bits per heavy atom. The molecule has 2 atom stereocenters. The molecule has 186 valence electrons. The van der Waals surface area contributed by atoms with Gasteiger partial charge in [0.1, 0.15) is 11.6 Å². The van der Waals surface area contributed by atoms with Gasteiger partial charge in [0, 0.05) is 13.0 Å². The zero-order chi connectivity index (χ0) is 25.5. The number of hydroxylamine groups is 1. The fourth-order valence-electron chi connectivity index (χ4n) is 3.46. The van der Waals surface area contributed by atoms with Crippen molar-refractivity contribution in [3.05, 3.63) is 48.0 Å². The van der Waals surface area contributed by atoms with E-state index >= 15 is 0 Å². The van der Waals surface area contributed by atoms with Gasteiger partial charge in [-0.25, -0.2) is 15.1 Å². The number of hydrogen-bond acceptors (Lipinski definition) is 6. The first-order valence-electron chi connectivity index (χ1n) is 11.3. The second-order valence-electron chi connectivity index (χ2n) is 9.71. The molecule has 9 heteroatoms. The van der Waals surface area contributed by atoms with E-state index in [9.17, 15) is 19.5 Å². The van der Waals surface area contributed by atoms with Crippen molar-refractivity contribution < 1.29 is 29.4 Å². The lowest BCUT2D eigenvalue weighted by molar-refractivity contribution is -0.157. The molecule has 0 bridgehead atoms. The highest BCUT2D eigenvalue weighted by Gasteiger charge is 2.30. The summed E-state index contributed by atoms with van der Waals surface area (Å²) in [6.45, 7) is 8.85. The van der Waals surface area contributed by atoms with Crippen LogP contribution in [0.2, 0.25) is 0 Å². The van der Waals surface area contributed by atoms with Gasteiger partial charge in [0.25, 0.3) is 5.91 Å². The Bertz CT molecular complexity index is 1000. The average Bonchev–Trinajstić information content (AvgIpc) is 2.75. The van der Waals surface area contributed by atoms with Crippen molar-refractivity contribution in [3.8, 4) is 0 Å². The molecule has 1 unspecified atom stereocenters. The number of rotatable bonds is 9. The number of esters is 1. The fourth-order valence-corrected chi connectivity index (χ4v) is 3.46. The summed E-state index contributed by atoms with van der Waals surface area (Å²) in [7, 11) is 0. The van der Waals surface area contributed by atoms with Crippen molar-refractivity contribution in [3.63, 3.8) is 0 Å². The third-order valence-corrected chi connectivity index (χ3v) is 4.92. The summed E-state index contributed by atoms with van der Waals surface area (Å²) in [4.78, 5) is 38.9. The van der Waals surface area contributed by atoms with Gasteiger partial charge in [-0.15, -0.1) is 0 Å². The van der Waals surface area contributed by atoms with Crippen LogP contribution >= 0.6 is 0 Å². The molecule has 0 saturated heterocycles. The van der Waals surface area contributed by atoms with Crippen LogP contribution in [-0.2, 0) is 20.7 Å². The van der Waals surface area contributed by atoms with Crippen molar-refractivity contribution in [1.82, 2.24) is 15.7 Å². The first-order chi connectivity index (χ1) is 15.9. The molecular formula is C25H35N3O6. The van der Waals surface area contributed by atoms with Gasteiger partial charge < -0.3 is 20.1 Å². The van der Waals surface area contributed by atoms with Crippen LogP contribution in [0.1, 0.15) is 40.2 Å². The van der Waals surface area contributed by atoms with Crippen LogP contribution in [0.25, 0.3) is 10.8 Å². The first kappa shape index (κ1) is 27.1. The molecule has 0 saturated carbocycles. The number of carbonyl (C=O) groups excluding carboxylic acids is 3. The molecule has 4 N–H and O–H groups in total. The van der Waals surface area contributed by atoms with Crippen molar-refractivity contribution >= 4 is 28.7 Å². The Morgan fingerprint density at radius 2 is 1.68 bits per heavy atom. The lowest BCUT2D eigenvalue weighted by Crippen LogP contribution is -2.53. The molecule has 0 aliphatic rings. The van der Waals surface area contributed by atoms with Crippen LogP contribution in [0.5, 0.6) is 0 Å². The van der Waals surface area contributed by atoms with E-state index in [-0.39, 0.29) is 25.4 Å². The van der Waals surface area contributed by atoms with Gasteiger partial charge in [0.15, 0.2) is 6.10 Å². The van der Waals surface area contributed by atoms with E-state index < -0.39 is 35.7 Å². The summed E-state index contributed by atoms with van der Waals surface area (Å²) in [5.41, 5.74) is 1.46. The number of ether oxygens (including phenoxy) is 1. The number of aliphatic hydroxyl groups excluding tert-OH is 1. The van der Waals surface area contributed by atoms with Crippen molar-refractivity contribution in [1.29, 1.82) is 0 Å². The van der Waals surface area contributed by atoms with E-state index in [4.69, 9.17) is 9.94 Å². The first-order valence-corrected chi connectivity index (χ1v) is 11.3. The van der Waals surface area contributed by atoms with Gasteiger partial charge in [-0.3, -0.25) is 10.0 Å². The Labute approximate surface area is 200 Å². The summed E-state index contributed by atoms with van der Waals surface area (Å²) in [6.07, 6.45) is -1.43. The maximum absolute atomic E-state index is 13.1. The topological polar surface area (TPSA) is 128 Å². The molecule has 0 radical (unpaired) electrons. The van der Waals surface area contributed by atoms with Crippen LogP contribution in [0.15, 0.2) is 42.5 Å². The van der Waals surface area contributed by atoms with E-state index in [2.05, 4.69) is 5.32 Å². The average molecular weight is 474 g/mol. The SMILES string of the molecule is CC(C)CN(CC(O)C(=O)NO)C(=O)N[C@@H](Cc1ccc2ccccc2c1)C(=O)OC(C)(C)C. The van der Waals surface area contributed by atoms with Crippen molar-refractivity contribution in [2.45, 2.75) is 58.8 Å². The second kappa shape index (κ2) is 11.8. The van der Waals surface area contributed by atoms with Crippen LogP contribution < -0.4 is 10.8 Å². The maximum Gasteiger partial charge on any atom is 0.329 e. The number of aliphatic hydroxyl groups is 1. The van der Waals surface area contributed by atoms with Crippen LogP contribution in [0, 0.1) is 5.92 Å². The highest BCUT2D eigenvalue weighted by molar-refractivity contribution is 5.86. The fraction of sp³-hybridized carbons (Fsp3) is 0.480. The lowest BCUT2D eigenvalue weighted by atomic mass is 10.0. The van der Waals surface area contributed by atoms with E-state index in [0.29, 0.717) is 0 Å². The number of nitrogens with one attached hydrogen (secondary N) is 2. The standard InChI is InChI=1S/C25H35N3O6/c1-16(2)14-28(15-21(29)22(30)27-33)24(32)26-20(23(31)34-25(3,4)5)13-17-10-11-18-8-6-7-9-19(18)12-17/h6-12,16,20-21,29,33H,13-15H2,1-5H3,(H,26,32)(H,27,30)/t20-,21?/m0/s1. The molecule has 0 fully saturated rings. The Hall–Kier alpha value is -3.17. The van der Waals surface area contributed by atoms with Crippen LogP contribution in [0.3, 0.4) is 0 Å². The van der Waals surface area contributed by atoms with Crippen LogP contribution in [-0.4, -0.2) is 64.0 Å². The Balaban J connectivity index is 2.27. The third kappa shape index (κ3) is 8.31. The Kier molecular flexibility index (Phi) is 9.40. The molecule has 34 heavy (non-hydrogen) atoms. The zero-order valence-corrected chi connectivity index (χ0v) is 20.4. The highest BCUT2D eigenvalue weighted by atomic mass is 16.6. The van der Waals surface area contributed by atoms with Gasteiger partial charge >= 0.3 is 12.0 Å². The summed E-state index contributed by atoms with van der Waals surface area (Å²) < 4.78 is 5.54. The summed E-state index contributed by atoms with van der Waals surface area (Å²) >= 11 is 0. The molecule has 0 heterocycles. The monoisotopic (exact) mass is 473 g/mol. The predicted octanol–water partition coefficient (Wildman–Crippen LogP) is 2.63. The Morgan fingerprint density at radius 1 is 1.03 bits per heavy atom. The molecule has 2 aromatic rings. The highest BCUT2D eigenvalue weighted by Crippen LogP contribution is 2.18. The number of carbonyl (C=O) groups is 3. The normalized spacial score (nSPS) is 13.3. The zero-order valence-electron chi connectivity index (χ0n) is 20.4. The summed E-state index contributed by atoms with van der Waals surface area (Å²) in [5.74, 6) is -1.59. The van der Waals surface area contributed by atoms with E-state index in [1.165, 1.54) is 10.4 Å². The lowest BCUT2D eigenvalue weighted by Gasteiger charge is -2.30. The minimum absolute atomic E-state index is 0.0237. The quantitative estimate of drug-likeness (QED) is 0.252. The van der Waals surface area contributed by atoms with E-state index in [0.717, 1.165) is 16.3 Å². The second-order valence-corrected chi connectivity index (χ2v) is 9.71. The minimum Gasteiger partial charge on any atom is -0.458 e. The van der Waals surface area contributed by atoms with E-state index in [1.54, 1.807) is 20.8 Å². The number of hydrogen-bond donors (Lipinski definition) is 4. The molecule has 2 aromatic carbocycles. The van der Waals surface area contributed by atoms with Gasteiger partial charge in [-0.2, -0.15) is 0 Å². The molecule has 9 nitrogen and oxygen atoms in total. The third-order valence-electron chi connectivity index (χ3n) is 4.92. The molecular weight excluding hydrogens is 438 g/mol. The van der Waals surface area contributed by atoms with Gasteiger partial charge in [0.2, 0.25) is 0 Å². The minimum atomic E-state index is -1.63. The maximum atomic E-state index is 13.1. The van der Waals surface area contributed by atoms with Crippen molar-refractivity contribution in [2.75, 3.05) is 13.1 Å². The number of nitrogens with zero attached hydrogens (tertiary/aromatic N) is 1. The van der Waals surface area contributed by atoms with E-state index in [1.807, 2.05) is 56.3 Å². The van der Waals surface area contributed by atoms with Gasteiger partial charge in [-0.1, -0.05) is 56.3 Å². The number of fused-ring (bicyclic) bond motifs is 1. The molecule has 0 aromatic heterocycles. The molecule has 0 spiro atoms. The molecule has 3 amide bonds. The largest absolute Gasteiger partial charge is 0.458 e. The summed E-state index contributed by atoms with van der Waals surface area (Å²) in [6, 6.07) is 12.0. The number of amides is 3. The molecule has 0 aliphatic carbocycles. The summed E-state index contributed by atoms with van der Waals surface area (Å²) in [5, 5.41) is 23.5. The van der Waals surface area contributed by atoms with Crippen LogP contribution in [0.4, 0.5) is 4.79 Å². The van der Waals surface area contributed by atoms with Gasteiger partial charge in [-0.05, 0) is 43.0 Å². The predicted molar refractivity (Wildman–Crippen MR) is 128 cm³/mol.